The van der Waals surface area contributed by atoms with E-state index in [1.807, 2.05) is 79.7 Å². The lowest BCUT2D eigenvalue weighted by atomic mass is 10.1. The summed E-state index contributed by atoms with van der Waals surface area (Å²) in [5.74, 6) is 0.00906. The highest BCUT2D eigenvalue weighted by atomic mass is 32.2. The van der Waals surface area contributed by atoms with Crippen molar-refractivity contribution in [3.05, 3.63) is 101 Å². The van der Waals surface area contributed by atoms with E-state index in [0.717, 1.165) is 10.5 Å². The van der Waals surface area contributed by atoms with Crippen molar-refractivity contribution in [2.75, 3.05) is 11.1 Å². The molecule has 0 aliphatic rings. The Labute approximate surface area is 189 Å². The molecule has 31 heavy (non-hydrogen) atoms. The van der Waals surface area contributed by atoms with Crippen LogP contribution < -0.4 is 5.32 Å². The lowest BCUT2D eigenvalue weighted by Gasteiger charge is -2.02. The van der Waals surface area contributed by atoms with Crippen LogP contribution in [0.1, 0.15) is 20.8 Å². The number of amides is 1. The van der Waals surface area contributed by atoms with Crippen LogP contribution in [-0.4, -0.2) is 22.4 Å². The number of thiazole rings is 1. The van der Waals surface area contributed by atoms with Gasteiger partial charge >= 0.3 is 0 Å². The van der Waals surface area contributed by atoms with Gasteiger partial charge in [0, 0.05) is 16.0 Å². The predicted molar refractivity (Wildman–Crippen MR) is 128 cm³/mol. The molecule has 1 N–H and O–H groups in total. The number of aromatic nitrogens is 1. The fraction of sp³-hybridized carbons (Fsp3) is 0.0800. The minimum atomic E-state index is -0.155. The lowest BCUT2D eigenvalue weighted by Crippen LogP contribution is -2.13. The number of ketones is 1. The molecule has 6 heteroatoms. The minimum Gasteiger partial charge on any atom is -0.301 e. The second-order valence-corrected chi connectivity index (χ2v) is 8.96. The summed E-state index contributed by atoms with van der Waals surface area (Å²) in [6.45, 7) is 2.03. The second kappa shape index (κ2) is 9.73. The Hall–Kier alpha value is -3.22. The van der Waals surface area contributed by atoms with Crippen molar-refractivity contribution in [3.63, 3.8) is 0 Å². The number of carbonyl (C=O) groups excluding carboxylic acids is 2. The van der Waals surface area contributed by atoms with Gasteiger partial charge in [0.25, 0.3) is 0 Å². The van der Waals surface area contributed by atoms with E-state index in [1.54, 1.807) is 12.1 Å². The normalized spacial score (nSPS) is 10.6. The standard InChI is InChI=1S/C25H20N2O2S2/c1-17-12-14-20(15-13-17)30-16-21(28)26-25-27-22(18-8-4-2-5-9-18)24(31-25)23(29)19-10-6-3-7-11-19/h2-15H,16H2,1H3,(H,26,27,28). The van der Waals surface area contributed by atoms with Crippen LogP contribution >= 0.6 is 23.1 Å². The first-order valence-electron chi connectivity index (χ1n) is 9.75. The largest absolute Gasteiger partial charge is 0.301 e. The third-order valence-corrected chi connectivity index (χ3v) is 6.54. The number of hydrogen-bond donors (Lipinski definition) is 1. The molecule has 0 bridgehead atoms. The number of thioether (sulfide) groups is 1. The first kappa shape index (κ1) is 21.0. The number of nitrogens with one attached hydrogen (secondary N) is 1. The van der Waals surface area contributed by atoms with Crippen LogP contribution in [0.25, 0.3) is 11.3 Å². The molecule has 0 spiro atoms. The molecule has 4 nitrogen and oxygen atoms in total. The zero-order chi connectivity index (χ0) is 21.6. The average Bonchev–Trinajstić information content (AvgIpc) is 3.23. The van der Waals surface area contributed by atoms with Gasteiger partial charge in [0.15, 0.2) is 5.13 Å². The summed E-state index contributed by atoms with van der Waals surface area (Å²) in [6.07, 6.45) is 0. The van der Waals surface area contributed by atoms with Gasteiger partial charge in [0.1, 0.15) is 4.88 Å². The molecule has 0 aliphatic carbocycles. The molecule has 1 amide bonds. The number of nitrogens with zero attached hydrogens (tertiary/aromatic N) is 1. The molecule has 0 radical (unpaired) electrons. The molecule has 0 unspecified atom stereocenters. The van der Waals surface area contributed by atoms with E-state index in [0.29, 0.717) is 21.3 Å². The van der Waals surface area contributed by atoms with Crippen molar-refractivity contribution < 1.29 is 9.59 Å². The van der Waals surface area contributed by atoms with Gasteiger partial charge in [-0.25, -0.2) is 4.98 Å². The molecule has 4 aromatic rings. The monoisotopic (exact) mass is 444 g/mol. The van der Waals surface area contributed by atoms with Crippen LogP contribution in [0.15, 0.2) is 89.8 Å². The van der Waals surface area contributed by atoms with E-state index in [4.69, 9.17) is 0 Å². The van der Waals surface area contributed by atoms with Gasteiger partial charge in [0.2, 0.25) is 11.7 Å². The maximum Gasteiger partial charge on any atom is 0.236 e. The highest BCUT2D eigenvalue weighted by Gasteiger charge is 2.21. The zero-order valence-corrected chi connectivity index (χ0v) is 18.5. The van der Waals surface area contributed by atoms with E-state index >= 15 is 0 Å². The van der Waals surface area contributed by atoms with Crippen molar-refractivity contribution in [2.24, 2.45) is 0 Å². The Morgan fingerprint density at radius 3 is 2.23 bits per heavy atom. The first-order chi connectivity index (χ1) is 15.1. The SMILES string of the molecule is Cc1ccc(SCC(=O)Nc2nc(-c3ccccc3)c(C(=O)c3ccccc3)s2)cc1. The molecule has 0 fully saturated rings. The summed E-state index contributed by atoms with van der Waals surface area (Å²) in [5, 5.41) is 3.28. The lowest BCUT2D eigenvalue weighted by molar-refractivity contribution is -0.113. The Kier molecular flexibility index (Phi) is 6.60. The average molecular weight is 445 g/mol. The van der Waals surface area contributed by atoms with Gasteiger partial charge in [-0.3, -0.25) is 9.59 Å². The molecule has 0 saturated heterocycles. The summed E-state index contributed by atoms with van der Waals surface area (Å²) in [5.41, 5.74) is 3.20. The molecular weight excluding hydrogens is 424 g/mol. The van der Waals surface area contributed by atoms with E-state index in [9.17, 15) is 9.59 Å². The summed E-state index contributed by atoms with van der Waals surface area (Å²) >= 11 is 2.67. The van der Waals surface area contributed by atoms with Gasteiger partial charge in [-0.2, -0.15) is 0 Å². The molecule has 154 valence electrons. The van der Waals surface area contributed by atoms with Crippen LogP contribution in [0.2, 0.25) is 0 Å². The quantitative estimate of drug-likeness (QED) is 0.277. The van der Waals surface area contributed by atoms with Crippen LogP contribution in [0.4, 0.5) is 5.13 Å². The van der Waals surface area contributed by atoms with E-state index in [2.05, 4.69) is 10.3 Å². The molecule has 3 aromatic carbocycles. The third-order valence-electron chi connectivity index (χ3n) is 4.55. The summed E-state index contributed by atoms with van der Waals surface area (Å²) in [7, 11) is 0. The third kappa shape index (κ3) is 5.29. The Morgan fingerprint density at radius 1 is 0.903 bits per heavy atom. The van der Waals surface area contributed by atoms with Crippen molar-refractivity contribution >= 4 is 39.9 Å². The van der Waals surface area contributed by atoms with E-state index < -0.39 is 0 Å². The van der Waals surface area contributed by atoms with Crippen LogP contribution in [0.5, 0.6) is 0 Å². The highest BCUT2D eigenvalue weighted by molar-refractivity contribution is 8.00. The summed E-state index contributed by atoms with van der Waals surface area (Å²) < 4.78 is 0. The number of aryl methyl sites for hydroxylation is 1. The number of benzene rings is 3. The van der Waals surface area contributed by atoms with E-state index in [-0.39, 0.29) is 17.4 Å². The fourth-order valence-corrected chi connectivity index (χ4v) is 4.64. The van der Waals surface area contributed by atoms with Gasteiger partial charge in [-0.05, 0) is 19.1 Å². The molecular formula is C25H20N2O2S2. The van der Waals surface area contributed by atoms with Gasteiger partial charge in [-0.15, -0.1) is 11.8 Å². The van der Waals surface area contributed by atoms with Gasteiger partial charge < -0.3 is 5.32 Å². The summed E-state index contributed by atoms with van der Waals surface area (Å²) in [4.78, 5) is 31.8. The van der Waals surface area contributed by atoms with Gasteiger partial charge in [0.05, 0.1) is 11.4 Å². The molecule has 4 rings (SSSR count). The van der Waals surface area contributed by atoms with Crippen LogP contribution in [-0.2, 0) is 4.79 Å². The number of anilines is 1. The Morgan fingerprint density at radius 2 is 1.55 bits per heavy atom. The number of carbonyl (C=O) groups is 2. The first-order valence-corrected chi connectivity index (χ1v) is 11.6. The maximum atomic E-state index is 13.1. The highest BCUT2D eigenvalue weighted by Crippen LogP contribution is 2.33. The van der Waals surface area contributed by atoms with Crippen molar-refractivity contribution in [2.45, 2.75) is 11.8 Å². The van der Waals surface area contributed by atoms with Crippen molar-refractivity contribution in [3.8, 4) is 11.3 Å². The van der Waals surface area contributed by atoms with Gasteiger partial charge in [-0.1, -0.05) is 89.7 Å². The number of hydrogen-bond acceptors (Lipinski definition) is 5. The topological polar surface area (TPSA) is 59.1 Å². The van der Waals surface area contributed by atoms with Crippen molar-refractivity contribution in [1.29, 1.82) is 0 Å². The zero-order valence-electron chi connectivity index (χ0n) is 16.9. The van der Waals surface area contributed by atoms with E-state index in [1.165, 1.54) is 28.7 Å². The van der Waals surface area contributed by atoms with Crippen LogP contribution in [0, 0.1) is 6.92 Å². The second-order valence-electron chi connectivity index (χ2n) is 6.91. The predicted octanol–water partition coefficient (Wildman–Crippen LogP) is 6.08. The molecule has 1 heterocycles. The minimum absolute atomic E-state index is 0.105. The fourth-order valence-electron chi connectivity index (χ4n) is 2.98. The summed E-state index contributed by atoms with van der Waals surface area (Å²) in [6, 6.07) is 26.7. The maximum absolute atomic E-state index is 13.1. The Balaban J connectivity index is 1.55. The van der Waals surface area contributed by atoms with Crippen molar-refractivity contribution in [1.82, 2.24) is 4.98 Å². The van der Waals surface area contributed by atoms with Crippen LogP contribution in [0.3, 0.4) is 0 Å². The Bertz CT molecular complexity index is 1190. The molecule has 0 saturated carbocycles. The smallest absolute Gasteiger partial charge is 0.236 e. The number of rotatable bonds is 7. The molecule has 0 aliphatic heterocycles. The molecule has 0 atom stereocenters. The molecule has 1 aromatic heterocycles.